The molecule has 0 heterocycles. The second-order valence-corrected chi connectivity index (χ2v) is 7.26. The molecule has 2 nitrogen and oxygen atoms in total. The van der Waals surface area contributed by atoms with Crippen molar-refractivity contribution in [3.8, 4) is 0 Å². The summed E-state index contributed by atoms with van der Waals surface area (Å²) >= 11 is 5.63. The van der Waals surface area contributed by atoms with Crippen molar-refractivity contribution in [2.45, 2.75) is 16.6 Å². The minimum absolute atomic E-state index is 0.0620. The van der Waals surface area contributed by atoms with Crippen molar-refractivity contribution in [3.05, 3.63) is 77.3 Å². The highest BCUT2D eigenvalue weighted by Gasteiger charge is 2.26. The summed E-state index contributed by atoms with van der Waals surface area (Å²) in [6, 6.07) is 9.09. The van der Waals surface area contributed by atoms with Gasteiger partial charge in [-0.3, -0.25) is 0 Å². The Balaban J connectivity index is 2.39. The van der Waals surface area contributed by atoms with Crippen molar-refractivity contribution < 1.29 is 17.2 Å². The number of hydrogen-bond acceptors (Lipinski definition) is 2. The van der Waals surface area contributed by atoms with Gasteiger partial charge in [0.25, 0.3) is 0 Å². The molecule has 0 spiro atoms. The van der Waals surface area contributed by atoms with E-state index in [0.717, 1.165) is 18.2 Å². The van der Waals surface area contributed by atoms with Crippen molar-refractivity contribution in [2.75, 3.05) is 0 Å². The molecule has 2 rings (SSSR count). The zero-order valence-electron chi connectivity index (χ0n) is 11.5. The van der Waals surface area contributed by atoms with Crippen LogP contribution in [-0.2, 0) is 16.3 Å². The molecule has 0 saturated carbocycles. The molecule has 0 bridgehead atoms. The minimum atomic E-state index is -3.84. The fourth-order valence-corrected chi connectivity index (χ4v) is 3.82. The van der Waals surface area contributed by atoms with Crippen LogP contribution in [0.5, 0.6) is 0 Å². The van der Waals surface area contributed by atoms with E-state index in [1.807, 2.05) is 0 Å². The standard InChI is InChI=1S/C16H13ClF2O2S/c1-2-12(9-11-5-3-4-6-15(11)18)22(20,21)13-7-8-16(19)14(17)10-13/h2-8,10,12H,1,9H2. The van der Waals surface area contributed by atoms with Crippen LogP contribution in [0.15, 0.2) is 60.0 Å². The summed E-state index contributed by atoms with van der Waals surface area (Å²) < 4.78 is 52.0. The van der Waals surface area contributed by atoms with Gasteiger partial charge in [0.1, 0.15) is 11.6 Å². The molecule has 0 N–H and O–H groups in total. The highest BCUT2D eigenvalue weighted by molar-refractivity contribution is 7.92. The predicted octanol–water partition coefficient (Wildman–Crippen LogP) is 4.19. The van der Waals surface area contributed by atoms with Crippen LogP contribution in [0.1, 0.15) is 5.56 Å². The molecule has 0 aliphatic carbocycles. The van der Waals surface area contributed by atoms with E-state index in [1.54, 1.807) is 6.07 Å². The molecular formula is C16H13ClF2O2S. The van der Waals surface area contributed by atoms with E-state index in [0.29, 0.717) is 0 Å². The first-order chi connectivity index (χ1) is 10.4. The smallest absolute Gasteiger partial charge is 0.185 e. The summed E-state index contributed by atoms with van der Waals surface area (Å²) in [5.74, 6) is -1.19. The van der Waals surface area contributed by atoms with Crippen molar-refractivity contribution in [1.82, 2.24) is 0 Å². The molecule has 22 heavy (non-hydrogen) atoms. The van der Waals surface area contributed by atoms with E-state index in [2.05, 4.69) is 6.58 Å². The van der Waals surface area contributed by atoms with Crippen LogP contribution in [0.25, 0.3) is 0 Å². The highest BCUT2D eigenvalue weighted by Crippen LogP contribution is 2.25. The van der Waals surface area contributed by atoms with Crippen molar-refractivity contribution >= 4 is 21.4 Å². The highest BCUT2D eigenvalue weighted by atomic mass is 35.5. The lowest BCUT2D eigenvalue weighted by atomic mass is 10.1. The van der Waals surface area contributed by atoms with Gasteiger partial charge in [-0.15, -0.1) is 6.58 Å². The van der Waals surface area contributed by atoms with Gasteiger partial charge in [0, 0.05) is 0 Å². The molecule has 1 unspecified atom stereocenters. The Morgan fingerprint density at radius 1 is 1.14 bits per heavy atom. The zero-order chi connectivity index (χ0) is 16.3. The average molecular weight is 343 g/mol. The molecular weight excluding hydrogens is 330 g/mol. The molecule has 0 aliphatic rings. The summed E-state index contributed by atoms with van der Waals surface area (Å²) in [4.78, 5) is -0.125. The second kappa shape index (κ2) is 6.58. The first kappa shape index (κ1) is 16.6. The Morgan fingerprint density at radius 3 is 2.41 bits per heavy atom. The molecule has 1 atom stereocenters. The zero-order valence-corrected chi connectivity index (χ0v) is 13.0. The summed E-state index contributed by atoms with van der Waals surface area (Å²) in [5, 5.41) is -1.32. The van der Waals surface area contributed by atoms with Crippen LogP contribution in [0.2, 0.25) is 5.02 Å². The molecule has 2 aromatic carbocycles. The molecule has 0 amide bonds. The molecule has 0 aromatic heterocycles. The second-order valence-electron chi connectivity index (χ2n) is 4.69. The Bertz CT molecular complexity index is 804. The lowest BCUT2D eigenvalue weighted by Gasteiger charge is -2.15. The predicted molar refractivity (Wildman–Crippen MR) is 82.7 cm³/mol. The van der Waals surface area contributed by atoms with Crippen LogP contribution in [0, 0.1) is 11.6 Å². The van der Waals surface area contributed by atoms with Gasteiger partial charge in [0.2, 0.25) is 0 Å². The van der Waals surface area contributed by atoms with Gasteiger partial charge < -0.3 is 0 Å². The van der Waals surface area contributed by atoms with E-state index in [-0.39, 0.29) is 21.9 Å². The number of sulfone groups is 1. The number of halogens is 3. The Kier molecular flexibility index (Phi) is 4.98. The first-order valence-corrected chi connectivity index (χ1v) is 8.33. The minimum Gasteiger partial charge on any atom is -0.223 e. The molecule has 0 radical (unpaired) electrons. The van der Waals surface area contributed by atoms with Crippen LogP contribution in [-0.4, -0.2) is 13.7 Å². The lowest BCUT2D eigenvalue weighted by Crippen LogP contribution is -2.22. The monoisotopic (exact) mass is 342 g/mol. The number of benzene rings is 2. The van der Waals surface area contributed by atoms with Crippen molar-refractivity contribution in [3.63, 3.8) is 0 Å². The van der Waals surface area contributed by atoms with E-state index in [4.69, 9.17) is 11.6 Å². The Labute approximate surface area is 133 Å². The fraction of sp³-hybridized carbons (Fsp3) is 0.125. The maximum Gasteiger partial charge on any atom is 0.185 e. The topological polar surface area (TPSA) is 34.1 Å². The largest absolute Gasteiger partial charge is 0.223 e. The molecule has 0 aliphatic heterocycles. The third-order valence-corrected chi connectivity index (χ3v) is 5.62. The van der Waals surface area contributed by atoms with Gasteiger partial charge >= 0.3 is 0 Å². The number of hydrogen-bond donors (Lipinski definition) is 0. The van der Waals surface area contributed by atoms with Crippen molar-refractivity contribution in [2.24, 2.45) is 0 Å². The summed E-state index contributed by atoms with van der Waals surface area (Å²) in [7, 11) is -3.84. The van der Waals surface area contributed by atoms with E-state index >= 15 is 0 Å². The molecule has 116 valence electrons. The Hall–Kier alpha value is -1.72. The van der Waals surface area contributed by atoms with Crippen molar-refractivity contribution in [1.29, 1.82) is 0 Å². The van der Waals surface area contributed by atoms with Gasteiger partial charge in [-0.1, -0.05) is 35.9 Å². The fourth-order valence-electron chi connectivity index (χ4n) is 2.03. The van der Waals surface area contributed by atoms with Crippen LogP contribution in [0.3, 0.4) is 0 Å². The SMILES string of the molecule is C=CC(Cc1ccccc1F)S(=O)(=O)c1ccc(F)c(Cl)c1. The van der Waals surface area contributed by atoms with Crippen LogP contribution >= 0.6 is 11.6 Å². The summed E-state index contributed by atoms with van der Waals surface area (Å²) in [6.07, 6.45) is 1.17. The van der Waals surface area contributed by atoms with Gasteiger partial charge in [0.05, 0.1) is 15.2 Å². The van der Waals surface area contributed by atoms with Crippen LogP contribution in [0.4, 0.5) is 8.78 Å². The maximum atomic E-state index is 13.7. The Morgan fingerprint density at radius 2 is 1.82 bits per heavy atom. The lowest BCUT2D eigenvalue weighted by molar-refractivity contribution is 0.581. The molecule has 2 aromatic rings. The average Bonchev–Trinajstić information content (AvgIpc) is 2.48. The third-order valence-electron chi connectivity index (χ3n) is 3.26. The summed E-state index contributed by atoms with van der Waals surface area (Å²) in [6.45, 7) is 3.51. The summed E-state index contributed by atoms with van der Waals surface area (Å²) in [5.41, 5.74) is 0.268. The quantitative estimate of drug-likeness (QED) is 0.603. The normalized spacial score (nSPS) is 12.9. The maximum absolute atomic E-state index is 13.7. The van der Waals surface area contributed by atoms with Crippen LogP contribution < -0.4 is 0 Å². The van der Waals surface area contributed by atoms with Gasteiger partial charge in [0.15, 0.2) is 9.84 Å². The number of rotatable bonds is 5. The van der Waals surface area contributed by atoms with Gasteiger partial charge in [-0.05, 0) is 36.2 Å². The van der Waals surface area contributed by atoms with E-state index in [9.17, 15) is 17.2 Å². The first-order valence-electron chi connectivity index (χ1n) is 6.41. The molecule has 6 heteroatoms. The molecule has 0 saturated heterocycles. The van der Waals surface area contributed by atoms with Gasteiger partial charge in [-0.2, -0.15) is 0 Å². The van der Waals surface area contributed by atoms with Gasteiger partial charge in [-0.25, -0.2) is 17.2 Å². The van der Waals surface area contributed by atoms with E-state index in [1.165, 1.54) is 24.3 Å². The third kappa shape index (κ3) is 3.36. The van der Waals surface area contributed by atoms with E-state index < -0.39 is 26.7 Å². The molecule has 0 fully saturated rings.